The van der Waals surface area contributed by atoms with Gasteiger partial charge in [0.05, 0.1) is 19.3 Å². The van der Waals surface area contributed by atoms with Crippen molar-refractivity contribution in [2.24, 2.45) is 0 Å². The van der Waals surface area contributed by atoms with Crippen LogP contribution in [-0.2, 0) is 9.47 Å². The van der Waals surface area contributed by atoms with Gasteiger partial charge >= 0.3 is 0 Å². The molecular weight excluding hydrogens is 240 g/mol. The van der Waals surface area contributed by atoms with Crippen LogP contribution in [0.2, 0.25) is 0 Å². The molecule has 0 aromatic heterocycles. The summed E-state index contributed by atoms with van der Waals surface area (Å²) < 4.78 is 17.2. The lowest BCUT2D eigenvalue weighted by Crippen LogP contribution is -2.26. The van der Waals surface area contributed by atoms with Crippen molar-refractivity contribution in [1.82, 2.24) is 0 Å². The van der Waals surface area contributed by atoms with E-state index in [2.05, 4.69) is 6.92 Å². The third kappa shape index (κ3) is 4.22. The molecule has 0 saturated carbocycles. The van der Waals surface area contributed by atoms with Crippen LogP contribution in [0.25, 0.3) is 0 Å². The van der Waals surface area contributed by atoms with Crippen LogP contribution in [0.3, 0.4) is 0 Å². The van der Waals surface area contributed by atoms with Gasteiger partial charge in [0.2, 0.25) is 0 Å². The van der Waals surface area contributed by atoms with Gasteiger partial charge in [-0.25, -0.2) is 0 Å². The standard InChI is InChI=1S/C16H24O3/c1-3-5-6-15-11-12-18-16(19-15)13-7-9-14(10-8-13)17-4-2/h7-10,15-16H,3-6,11-12H2,1-2H3. The lowest BCUT2D eigenvalue weighted by atomic mass is 10.1. The molecule has 3 heteroatoms. The fraction of sp³-hybridized carbons (Fsp3) is 0.625. The highest BCUT2D eigenvalue weighted by atomic mass is 16.7. The van der Waals surface area contributed by atoms with Crippen molar-refractivity contribution < 1.29 is 14.2 Å². The van der Waals surface area contributed by atoms with E-state index in [0.717, 1.165) is 30.8 Å². The predicted octanol–water partition coefficient (Wildman–Crippen LogP) is 4.08. The molecule has 2 atom stereocenters. The Morgan fingerprint density at radius 1 is 1.21 bits per heavy atom. The van der Waals surface area contributed by atoms with Crippen molar-refractivity contribution in [3.05, 3.63) is 29.8 Å². The Kier molecular flexibility index (Phi) is 5.67. The average molecular weight is 264 g/mol. The molecule has 0 radical (unpaired) electrons. The van der Waals surface area contributed by atoms with Gasteiger partial charge in [-0.05, 0) is 31.9 Å². The van der Waals surface area contributed by atoms with Crippen LogP contribution < -0.4 is 4.74 Å². The van der Waals surface area contributed by atoms with Crippen molar-refractivity contribution in [2.45, 2.75) is 51.9 Å². The fourth-order valence-electron chi connectivity index (χ4n) is 2.30. The second-order valence-corrected chi connectivity index (χ2v) is 4.89. The van der Waals surface area contributed by atoms with E-state index in [1.807, 2.05) is 31.2 Å². The van der Waals surface area contributed by atoms with Gasteiger partial charge < -0.3 is 14.2 Å². The molecule has 2 rings (SSSR count). The lowest BCUT2D eigenvalue weighted by molar-refractivity contribution is -0.218. The van der Waals surface area contributed by atoms with Crippen LogP contribution in [0.4, 0.5) is 0 Å². The number of rotatable bonds is 6. The second kappa shape index (κ2) is 7.51. The third-order valence-corrected chi connectivity index (χ3v) is 3.37. The Balaban J connectivity index is 1.92. The minimum absolute atomic E-state index is 0.216. The maximum atomic E-state index is 6.01. The van der Waals surface area contributed by atoms with Crippen LogP contribution in [-0.4, -0.2) is 19.3 Å². The number of unbranched alkanes of at least 4 members (excludes halogenated alkanes) is 1. The fourth-order valence-corrected chi connectivity index (χ4v) is 2.30. The summed E-state index contributed by atoms with van der Waals surface area (Å²) in [5, 5.41) is 0. The molecule has 1 heterocycles. The molecule has 3 nitrogen and oxygen atoms in total. The lowest BCUT2D eigenvalue weighted by Gasteiger charge is -2.30. The Labute approximate surface area is 115 Å². The first-order valence-corrected chi connectivity index (χ1v) is 7.33. The number of ether oxygens (including phenoxy) is 3. The Hall–Kier alpha value is -1.06. The van der Waals surface area contributed by atoms with Crippen molar-refractivity contribution in [1.29, 1.82) is 0 Å². The van der Waals surface area contributed by atoms with Crippen LogP contribution >= 0.6 is 0 Å². The minimum atomic E-state index is -0.216. The molecule has 1 aromatic rings. The highest BCUT2D eigenvalue weighted by Gasteiger charge is 2.23. The topological polar surface area (TPSA) is 27.7 Å². The molecular formula is C16H24O3. The van der Waals surface area contributed by atoms with Gasteiger partial charge in [-0.1, -0.05) is 31.9 Å². The van der Waals surface area contributed by atoms with Crippen LogP contribution in [0.15, 0.2) is 24.3 Å². The van der Waals surface area contributed by atoms with E-state index in [0.29, 0.717) is 12.7 Å². The molecule has 1 aromatic carbocycles. The highest BCUT2D eigenvalue weighted by Crippen LogP contribution is 2.29. The van der Waals surface area contributed by atoms with Gasteiger partial charge in [-0.2, -0.15) is 0 Å². The summed E-state index contributed by atoms with van der Waals surface area (Å²) in [6.45, 7) is 5.67. The van der Waals surface area contributed by atoms with E-state index in [-0.39, 0.29) is 6.29 Å². The first-order valence-electron chi connectivity index (χ1n) is 7.33. The molecule has 0 aliphatic carbocycles. The zero-order valence-corrected chi connectivity index (χ0v) is 11.9. The molecule has 0 bridgehead atoms. The summed E-state index contributed by atoms with van der Waals surface area (Å²) in [4.78, 5) is 0. The second-order valence-electron chi connectivity index (χ2n) is 4.89. The summed E-state index contributed by atoms with van der Waals surface area (Å²) >= 11 is 0. The monoisotopic (exact) mass is 264 g/mol. The van der Waals surface area contributed by atoms with Crippen LogP contribution in [0.1, 0.15) is 51.4 Å². The van der Waals surface area contributed by atoms with Gasteiger partial charge in [0.25, 0.3) is 0 Å². The molecule has 2 unspecified atom stereocenters. The third-order valence-electron chi connectivity index (χ3n) is 3.37. The summed E-state index contributed by atoms with van der Waals surface area (Å²) in [6.07, 6.45) is 4.70. The molecule has 106 valence electrons. The normalized spacial score (nSPS) is 23.3. The molecule has 1 saturated heterocycles. The van der Waals surface area contributed by atoms with Gasteiger partial charge in [0.1, 0.15) is 5.75 Å². The van der Waals surface area contributed by atoms with Crippen molar-refractivity contribution in [3.8, 4) is 5.75 Å². The average Bonchev–Trinajstić information content (AvgIpc) is 2.46. The molecule has 1 fully saturated rings. The Morgan fingerprint density at radius 3 is 2.68 bits per heavy atom. The number of benzene rings is 1. The highest BCUT2D eigenvalue weighted by molar-refractivity contribution is 5.28. The zero-order chi connectivity index (χ0) is 13.5. The Morgan fingerprint density at radius 2 is 2.00 bits per heavy atom. The quantitative estimate of drug-likeness (QED) is 0.775. The maximum Gasteiger partial charge on any atom is 0.184 e. The van der Waals surface area contributed by atoms with Gasteiger partial charge in [0, 0.05) is 5.56 Å². The van der Waals surface area contributed by atoms with E-state index in [4.69, 9.17) is 14.2 Å². The summed E-state index contributed by atoms with van der Waals surface area (Å²) in [7, 11) is 0. The van der Waals surface area contributed by atoms with Crippen molar-refractivity contribution in [2.75, 3.05) is 13.2 Å². The molecule has 19 heavy (non-hydrogen) atoms. The number of hydrogen-bond donors (Lipinski definition) is 0. The molecule has 0 amide bonds. The maximum absolute atomic E-state index is 6.01. The van der Waals surface area contributed by atoms with Gasteiger partial charge in [-0.15, -0.1) is 0 Å². The van der Waals surface area contributed by atoms with E-state index < -0.39 is 0 Å². The first-order chi connectivity index (χ1) is 9.33. The SMILES string of the molecule is CCCCC1CCOC(c2ccc(OCC)cc2)O1. The molecule has 0 spiro atoms. The summed E-state index contributed by atoms with van der Waals surface area (Å²) in [6, 6.07) is 8.00. The minimum Gasteiger partial charge on any atom is -0.494 e. The molecule has 1 aliphatic rings. The van der Waals surface area contributed by atoms with Gasteiger partial charge in [0.15, 0.2) is 6.29 Å². The van der Waals surface area contributed by atoms with E-state index in [9.17, 15) is 0 Å². The largest absolute Gasteiger partial charge is 0.494 e. The summed E-state index contributed by atoms with van der Waals surface area (Å²) in [5.41, 5.74) is 1.07. The van der Waals surface area contributed by atoms with Gasteiger partial charge in [-0.3, -0.25) is 0 Å². The van der Waals surface area contributed by atoms with E-state index >= 15 is 0 Å². The molecule has 0 N–H and O–H groups in total. The number of hydrogen-bond acceptors (Lipinski definition) is 3. The van der Waals surface area contributed by atoms with Crippen LogP contribution in [0, 0.1) is 0 Å². The smallest absolute Gasteiger partial charge is 0.184 e. The van der Waals surface area contributed by atoms with Crippen molar-refractivity contribution >= 4 is 0 Å². The zero-order valence-electron chi connectivity index (χ0n) is 11.9. The Bertz CT molecular complexity index is 361. The van der Waals surface area contributed by atoms with Crippen molar-refractivity contribution in [3.63, 3.8) is 0 Å². The predicted molar refractivity (Wildman–Crippen MR) is 75.3 cm³/mol. The van der Waals surface area contributed by atoms with Crippen LogP contribution in [0.5, 0.6) is 5.75 Å². The van der Waals surface area contributed by atoms with E-state index in [1.54, 1.807) is 0 Å². The first kappa shape index (κ1) is 14.4. The molecule has 1 aliphatic heterocycles. The van der Waals surface area contributed by atoms with E-state index in [1.165, 1.54) is 12.8 Å². The summed E-state index contributed by atoms with van der Waals surface area (Å²) in [5.74, 6) is 0.893.